The topological polar surface area (TPSA) is 255 Å². The van der Waals surface area contributed by atoms with Crippen molar-refractivity contribution in [3.05, 3.63) is 70.8 Å². The maximum atomic E-state index is 12.9. The van der Waals surface area contributed by atoms with Crippen molar-refractivity contribution in [1.82, 2.24) is 0 Å². The molecule has 0 radical (unpaired) electrons. The van der Waals surface area contributed by atoms with Crippen LogP contribution in [0.1, 0.15) is 44.1 Å². The highest BCUT2D eigenvalue weighted by Crippen LogP contribution is 2.50. The molecule has 0 fully saturated rings. The zero-order valence-corrected chi connectivity index (χ0v) is 22.0. The lowest BCUT2D eigenvalue weighted by atomic mass is 9.88. The van der Waals surface area contributed by atoms with Crippen LogP contribution in [0, 0.1) is 0 Å². The van der Waals surface area contributed by atoms with Gasteiger partial charge in [-0.3, -0.25) is 9.59 Å². The number of benzene rings is 4. The largest absolute Gasteiger partial charge is 0.508 e. The van der Waals surface area contributed by atoms with Crippen molar-refractivity contribution in [2.75, 3.05) is 0 Å². The number of aliphatic hydroxyl groups is 2. The number of phenols is 8. The van der Waals surface area contributed by atoms with Gasteiger partial charge in [-0.05, 0) is 35.4 Å². The molecule has 4 unspecified atom stereocenters. The lowest BCUT2D eigenvalue weighted by Crippen LogP contribution is -2.36. The number of aliphatic hydroxyl groups excluding tert-OH is 2. The van der Waals surface area contributed by atoms with Crippen LogP contribution in [0.2, 0.25) is 0 Å². The fraction of sp³-hybridized carbons (Fsp3) is 0.133. The number of aromatic hydroxyl groups is 8. The summed E-state index contributed by atoms with van der Waals surface area (Å²) >= 11 is 0. The minimum absolute atomic E-state index is 0.127. The van der Waals surface area contributed by atoms with E-state index < -0.39 is 93.1 Å². The van der Waals surface area contributed by atoms with Crippen LogP contribution in [0.15, 0.2) is 48.5 Å². The van der Waals surface area contributed by atoms with Crippen molar-refractivity contribution in [2.45, 2.75) is 24.4 Å². The van der Waals surface area contributed by atoms with E-state index in [-0.39, 0.29) is 33.8 Å². The number of rotatable bonds is 3. The van der Waals surface area contributed by atoms with E-state index in [0.717, 1.165) is 48.5 Å². The van der Waals surface area contributed by atoms with Gasteiger partial charge in [0.25, 0.3) is 0 Å². The zero-order valence-electron chi connectivity index (χ0n) is 22.0. The predicted molar refractivity (Wildman–Crippen MR) is 145 cm³/mol. The van der Waals surface area contributed by atoms with Crippen LogP contribution in [0.5, 0.6) is 57.5 Å². The Hall–Kier alpha value is -5.86. The highest BCUT2D eigenvalue weighted by atomic mass is 16.5. The molecule has 14 heteroatoms. The summed E-state index contributed by atoms with van der Waals surface area (Å²) in [5.41, 5.74) is -1.77. The van der Waals surface area contributed by atoms with Gasteiger partial charge >= 0.3 is 0 Å². The van der Waals surface area contributed by atoms with E-state index in [4.69, 9.17) is 9.47 Å². The van der Waals surface area contributed by atoms with Crippen LogP contribution < -0.4 is 9.47 Å². The highest BCUT2D eigenvalue weighted by molar-refractivity contribution is 6.06. The van der Waals surface area contributed by atoms with E-state index >= 15 is 0 Å². The van der Waals surface area contributed by atoms with E-state index in [0.29, 0.717) is 0 Å². The normalized spacial score (nSPS) is 20.8. The first-order chi connectivity index (χ1) is 20.8. The molecular formula is C30H22O14. The fourth-order valence-electron chi connectivity index (χ4n) is 5.35. The lowest BCUT2D eigenvalue weighted by Gasteiger charge is -2.31. The number of carbonyl (C=O) groups is 2. The van der Waals surface area contributed by atoms with Crippen molar-refractivity contribution < 1.29 is 70.1 Å². The standard InChI is InChI=1S/C30H22O14/c31-11-5-15(33)21-19(7-11)43-29(27(41)25(21)39)9-1-13(23(37)17(35)3-9)14-2-10(4-18(36)24(14)38)30-28(42)26(40)22-16(34)6-12(32)8-20(22)44-30/h1-8,27-38,41-42H. The van der Waals surface area contributed by atoms with Crippen LogP contribution in [0.3, 0.4) is 0 Å². The Kier molecular flexibility index (Phi) is 6.33. The molecular weight excluding hydrogens is 584 g/mol. The van der Waals surface area contributed by atoms with Crippen LogP contribution in [0.4, 0.5) is 0 Å². The number of hydrogen-bond donors (Lipinski definition) is 10. The van der Waals surface area contributed by atoms with Gasteiger partial charge in [0.1, 0.15) is 45.6 Å². The third-order valence-electron chi connectivity index (χ3n) is 7.42. The van der Waals surface area contributed by atoms with E-state index in [2.05, 4.69) is 0 Å². The number of ketones is 2. The second-order valence-corrected chi connectivity index (χ2v) is 10.2. The summed E-state index contributed by atoms with van der Waals surface area (Å²) in [6, 6.07) is 7.93. The van der Waals surface area contributed by atoms with Gasteiger partial charge in [0.05, 0.1) is 0 Å². The molecule has 0 spiro atoms. The van der Waals surface area contributed by atoms with Gasteiger partial charge in [-0.1, -0.05) is 0 Å². The average molecular weight is 606 g/mol. The van der Waals surface area contributed by atoms with Crippen LogP contribution in [0.25, 0.3) is 11.1 Å². The van der Waals surface area contributed by atoms with E-state index in [1.165, 1.54) is 0 Å². The maximum absolute atomic E-state index is 12.9. The minimum atomic E-state index is -1.94. The molecule has 226 valence electrons. The summed E-state index contributed by atoms with van der Waals surface area (Å²) in [5, 5.41) is 104. The van der Waals surface area contributed by atoms with E-state index in [9.17, 15) is 60.7 Å². The van der Waals surface area contributed by atoms with Gasteiger partial charge in [0.15, 0.2) is 47.4 Å². The minimum Gasteiger partial charge on any atom is -0.508 e. The molecule has 2 aliphatic heterocycles. The molecule has 0 bridgehead atoms. The number of Topliss-reactive ketones (excluding diaryl/α,β-unsaturated/α-hetero) is 2. The Balaban J connectivity index is 1.45. The Bertz CT molecular complexity index is 1760. The molecule has 2 heterocycles. The first-order valence-corrected chi connectivity index (χ1v) is 12.8. The van der Waals surface area contributed by atoms with Crippen molar-refractivity contribution >= 4 is 11.6 Å². The van der Waals surface area contributed by atoms with Crippen molar-refractivity contribution in [1.29, 1.82) is 0 Å². The van der Waals surface area contributed by atoms with Gasteiger partial charge in [-0.15, -0.1) is 0 Å². The third-order valence-corrected chi connectivity index (χ3v) is 7.42. The van der Waals surface area contributed by atoms with Crippen LogP contribution >= 0.6 is 0 Å². The van der Waals surface area contributed by atoms with Gasteiger partial charge in [-0.25, -0.2) is 0 Å². The predicted octanol–water partition coefficient (Wildman–Crippen LogP) is 2.35. The first-order valence-electron chi connectivity index (χ1n) is 12.8. The zero-order chi connectivity index (χ0) is 31.8. The molecule has 0 aromatic heterocycles. The smallest absolute Gasteiger partial charge is 0.202 e. The highest BCUT2D eigenvalue weighted by Gasteiger charge is 2.41. The molecule has 4 aromatic rings. The first kappa shape index (κ1) is 28.3. The number of carbonyl (C=O) groups excluding carboxylic acids is 2. The summed E-state index contributed by atoms with van der Waals surface area (Å²) in [6.07, 6.45) is -6.99. The SMILES string of the molecule is O=C1c2c(O)cc(O)cc2OC(c2cc(O)c(O)c(-c3cc(C4Oc5cc(O)cc(O)c5C(=O)C4O)cc(O)c3O)c2)C1O. The summed E-state index contributed by atoms with van der Waals surface area (Å²) in [5.74, 6) is -7.98. The van der Waals surface area contributed by atoms with Gasteiger partial charge < -0.3 is 60.5 Å². The molecule has 0 aliphatic carbocycles. The van der Waals surface area contributed by atoms with Gasteiger partial charge in [0, 0.05) is 35.4 Å². The molecule has 14 nitrogen and oxygen atoms in total. The van der Waals surface area contributed by atoms with E-state index in [1.54, 1.807) is 0 Å². The second-order valence-electron chi connectivity index (χ2n) is 10.2. The Morgan fingerprint density at radius 3 is 1.20 bits per heavy atom. The van der Waals surface area contributed by atoms with Gasteiger partial charge in [-0.2, -0.15) is 0 Å². The molecule has 4 aromatic carbocycles. The second kappa shape index (κ2) is 9.86. The van der Waals surface area contributed by atoms with Crippen molar-refractivity contribution in [3.8, 4) is 68.6 Å². The van der Waals surface area contributed by atoms with Crippen LogP contribution in [-0.4, -0.2) is 74.8 Å². The quantitative estimate of drug-likeness (QED) is 0.150. The van der Waals surface area contributed by atoms with Crippen molar-refractivity contribution in [2.24, 2.45) is 0 Å². The third kappa shape index (κ3) is 4.28. The number of hydrogen-bond acceptors (Lipinski definition) is 14. The number of phenolic OH excluding ortho intramolecular Hbond substituents is 8. The average Bonchev–Trinajstić information content (AvgIpc) is 2.94. The number of fused-ring (bicyclic) bond motifs is 2. The molecule has 6 rings (SSSR count). The molecule has 10 N–H and O–H groups in total. The molecule has 0 saturated heterocycles. The molecule has 2 aliphatic rings. The van der Waals surface area contributed by atoms with Crippen molar-refractivity contribution in [3.63, 3.8) is 0 Å². The van der Waals surface area contributed by atoms with Gasteiger partial charge in [0.2, 0.25) is 11.6 Å². The Labute approximate surface area is 245 Å². The lowest BCUT2D eigenvalue weighted by molar-refractivity contribution is 0.0207. The summed E-state index contributed by atoms with van der Waals surface area (Å²) in [4.78, 5) is 25.8. The fourth-order valence-corrected chi connectivity index (χ4v) is 5.35. The maximum Gasteiger partial charge on any atom is 0.202 e. The van der Waals surface area contributed by atoms with Crippen LogP contribution in [-0.2, 0) is 0 Å². The number of ether oxygens (including phenoxy) is 2. The Morgan fingerprint density at radius 2 is 0.841 bits per heavy atom. The Morgan fingerprint density at radius 1 is 0.477 bits per heavy atom. The molecule has 0 saturated carbocycles. The molecule has 0 amide bonds. The summed E-state index contributed by atoms with van der Waals surface area (Å²) in [7, 11) is 0. The van der Waals surface area contributed by atoms with E-state index in [1.807, 2.05) is 0 Å². The monoisotopic (exact) mass is 606 g/mol. The summed E-state index contributed by atoms with van der Waals surface area (Å²) < 4.78 is 11.3. The summed E-state index contributed by atoms with van der Waals surface area (Å²) in [6.45, 7) is 0. The molecule has 44 heavy (non-hydrogen) atoms. The molecule has 4 atom stereocenters.